The number of quaternary nitrogens is 1. The molecule has 0 saturated heterocycles. The van der Waals surface area contributed by atoms with E-state index < -0.39 is 0 Å². The second-order valence-corrected chi connectivity index (χ2v) is 4.69. The maximum Gasteiger partial charge on any atom is 0.0755 e. The van der Waals surface area contributed by atoms with Gasteiger partial charge < -0.3 is 10.0 Å². The van der Waals surface area contributed by atoms with Crippen molar-refractivity contribution >= 4 is 0 Å². The lowest BCUT2D eigenvalue weighted by molar-refractivity contribution is -0.655. The Kier molecular flexibility index (Phi) is 19.7. The Bertz CT molecular complexity index is 94.9. The maximum atomic E-state index is 2.51. The molecule has 0 aliphatic heterocycles. The lowest BCUT2D eigenvalue weighted by atomic mass is 10.1. The zero-order valence-corrected chi connectivity index (χ0v) is 11.4. The highest BCUT2D eigenvalue weighted by molar-refractivity contribution is 4.41. The molecular formula is C14H32FN. The lowest BCUT2D eigenvalue weighted by Crippen LogP contribution is -3.00. The topological polar surface area (TPSA) is 16.6 Å². The monoisotopic (exact) mass is 233 g/mol. The SMILES string of the molecule is CCCCCCC[NH2+]CCCCCCC.[F-]. The zero-order chi connectivity index (χ0) is 11.2. The fourth-order valence-electron chi connectivity index (χ4n) is 1.93. The molecule has 0 saturated carbocycles. The summed E-state index contributed by atoms with van der Waals surface area (Å²) in [5.41, 5.74) is 0. The number of nitrogens with two attached hydrogens (primary N) is 1. The van der Waals surface area contributed by atoms with Crippen LogP contribution in [0.1, 0.15) is 78.1 Å². The summed E-state index contributed by atoms with van der Waals surface area (Å²) in [5, 5.41) is 2.51. The first-order chi connectivity index (χ1) is 7.41. The van der Waals surface area contributed by atoms with Gasteiger partial charge in [-0.05, 0) is 25.7 Å². The predicted octanol–water partition coefficient (Wildman–Crippen LogP) is 0.495. The number of rotatable bonds is 12. The highest BCUT2D eigenvalue weighted by atomic mass is 19.0. The van der Waals surface area contributed by atoms with Crippen molar-refractivity contribution in [1.82, 2.24) is 0 Å². The first-order valence-corrected chi connectivity index (χ1v) is 7.23. The van der Waals surface area contributed by atoms with E-state index in [1.807, 2.05) is 0 Å². The van der Waals surface area contributed by atoms with E-state index in [9.17, 15) is 0 Å². The third-order valence-electron chi connectivity index (χ3n) is 3.02. The van der Waals surface area contributed by atoms with Crippen molar-refractivity contribution in [2.75, 3.05) is 13.1 Å². The van der Waals surface area contributed by atoms with Gasteiger partial charge in [0.25, 0.3) is 0 Å². The molecule has 0 heterocycles. The van der Waals surface area contributed by atoms with Gasteiger partial charge in [0.15, 0.2) is 0 Å². The number of halogens is 1. The molecule has 0 unspecified atom stereocenters. The van der Waals surface area contributed by atoms with Crippen LogP contribution in [0.15, 0.2) is 0 Å². The van der Waals surface area contributed by atoms with E-state index in [-0.39, 0.29) is 4.70 Å². The summed E-state index contributed by atoms with van der Waals surface area (Å²) in [6.07, 6.45) is 14.2. The predicted molar refractivity (Wildman–Crippen MR) is 69.2 cm³/mol. The van der Waals surface area contributed by atoms with Crippen molar-refractivity contribution < 1.29 is 10.0 Å². The molecule has 0 amide bonds. The quantitative estimate of drug-likeness (QED) is 0.473. The molecule has 1 nitrogen and oxygen atoms in total. The Hall–Kier alpha value is -0.110. The van der Waals surface area contributed by atoms with E-state index in [0.29, 0.717) is 0 Å². The second kappa shape index (κ2) is 17.3. The molecule has 0 atom stereocenters. The average molecular weight is 233 g/mol. The third-order valence-corrected chi connectivity index (χ3v) is 3.02. The highest BCUT2D eigenvalue weighted by Gasteiger charge is 1.93. The second-order valence-electron chi connectivity index (χ2n) is 4.69. The molecule has 0 aromatic heterocycles. The van der Waals surface area contributed by atoms with Crippen LogP contribution in [0.5, 0.6) is 0 Å². The molecule has 2 N–H and O–H groups in total. The normalized spacial score (nSPS) is 10.1. The maximum absolute atomic E-state index is 2.51. The van der Waals surface area contributed by atoms with E-state index >= 15 is 0 Å². The van der Waals surface area contributed by atoms with Crippen LogP contribution < -0.4 is 10.0 Å². The van der Waals surface area contributed by atoms with Crippen LogP contribution in [-0.2, 0) is 0 Å². The van der Waals surface area contributed by atoms with E-state index in [2.05, 4.69) is 19.2 Å². The van der Waals surface area contributed by atoms with E-state index in [4.69, 9.17) is 0 Å². The van der Waals surface area contributed by atoms with Crippen molar-refractivity contribution in [3.63, 3.8) is 0 Å². The summed E-state index contributed by atoms with van der Waals surface area (Å²) in [6.45, 7) is 7.28. The third kappa shape index (κ3) is 16.3. The standard InChI is InChI=1S/C14H31N.FH/c1-3-5-7-9-11-13-15-14-12-10-8-6-4-2;/h15H,3-14H2,1-2H3;1H. The van der Waals surface area contributed by atoms with Gasteiger partial charge in [0.1, 0.15) is 0 Å². The first kappa shape index (κ1) is 18.3. The van der Waals surface area contributed by atoms with Crippen LogP contribution in [0.4, 0.5) is 0 Å². The Morgan fingerprint density at radius 1 is 0.562 bits per heavy atom. The molecule has 0 aromatic rings. The highest BCUT2D eigenvalue weighted by Crippen LogP contribution is 2.01. The molecule has 0 spiro atoms. The van der Waals surface area contributed by atoms with Gasteiger partial charge in [-0.2, -0.15) is 0 Å². The van der Waals surface area contributed by atoms with Gasteiger partial charge in [-0.25, -0.2) is 0 Å². The van der Waals surface area contributed by atoms with Gasteiger partial charge in [0.2, 0.25) is 0 Å². The van der Waals surface area contributed by atoms with Crippen molar-refractivity contribution in [3.05, 3.63) is 0 Å². The fraction of sp³-hybridized carbons (Fsp3) is 1.00. The Balaban J connectivity index is 0. The Morgan fingerprint density at radius 2 is 0.938 bits per heavy atom. The summed E-state index contributed by atoms with van der Waals surface area (Å²) in [7, 11) is 0. The molecule has 0 bridgehead atoms. The van der Waals surface area contributed by atoms with Crippen LogP contribution >= 0.6 is 0 Å². The minimum atomic E-state index is 0. The van der Waals surface area contributed by atoms with Crippen LogP contribution in [-0.4, -0.2) is 13.1 Å². The van der Waals surface area contributed by atoms with Gasteiger partial charge in [0, 0.05) is 0 Å². The molecule has 16 heavy (non-hydrogen) atoms. The summed E-state index contributed by atoms with van der Waals surface area (Å²) >= 11 is 0. The van der Waals surface area contributed by atoms with Crippen molar-refractivity contribution in [2.45, 2.75) is 78.1 Å². The molecule has 0 rings (SSSR count). The van der Waals surface area contributed by atoms with Crippen LogP contribution in [0.3, 0.4) is 0 Å². The Labute approximate surface area is 102 Å². The molecule has 100 valence electrons. The molecule has 0 aliphatic carbocycles. The van der Waals surface area contributed by atoms with Crippen molar-refractivity contribution in [2.24, 2.45) is 0 Å². The van der Waals surface area contributed by atoms with Crippen molar-refractivity contribution in [1.29, 1.82) is 0 Å². The van der Waals surface area contributed by atoms with Gasteiger partial charge in [-0.15, -0.1) is 0 Å². The van der Waals surface area contributed by atoms with E-state index in [0.717, 1.165) is 0 Å². The van der Waals surface area contributed by atoms with Crippen LogP contribution in [0, 0.1) is 0 Å². The fourth-order valence-corrected chi connectivity index (χ4v) is 1.93. The molecule has 0 aromatic carbocycles. The van der Waals surface area contributed by atoms with Gasteiger partial charge in [0.05, 0.1) is 13.1 Å². The summed E-state index contributed by atoms with van der Waals surface area (Å²) in [5.74, 6) is 0. The smallest absolute Gasteiger partial charge is 0.0755 e. The summed E-state index contributed by atoms with van der Waals surface area (Å²) < 4.78 is 0. The number of unbranched alkanes of at least 4 members (excludes halogenated alkanes) is 8. The Morgan fingerprint density at radius 3 is 1.31 bits per heavy atom. The van der Waals surface area contributed by atoms with Gasteiger partial charge in [-0.1, -0.05) is 52.4 Å². The van der Waals surface area contributed by atoms with Crippen molar-refractivity contribution in [3.8, 4) is 0 Å². The first-order valence-electron chi connectivity index (χ1n) is 7.23. The zero-order valence-electron chi connectivity index (χ0n) is 11.4. The molecule has 0 aliphatic rings. The summed E-state index contributed by atoms with van der Waals surface area (Å²) in [6, 6.07) is 0. The van der Waals surface area contributed by atoms with Crippen LogP contribution in [0.2, 0.25) is 0 Å². The average Bonchev–Trinajstić information content (AvgIpc) is 2.26. The van der Waals surface area contributed by atoms with E-state index in [1.54, 1.807) is 0 Å². The van der Waals surface area contributed by atoms with Gasteiger partial charge >= 0.3 is 0 Å². The minimum Gasteiger partial charge on any atom is -1.00 e. The molecule has 0 radical (unpaired) electrons. The number of hydrogen-bond acceptors (Lipinski definition) is 0. The number of hydrogen-bond donors (Lipinski definition) is 1. The summed E-state index contributed by atoms with van der Waals surface area (Å²) in [4.78, 5) is 0. The van der Waals surface area contributed by atoms with Gasteiger partial charge in [-0.3, -0.25) is 0 Å². The largest absolute Gasteiger partial charge is 1.00 e. The molecular weight excluding hydrogens is 201 g/mol. The molecule has 2 heteroatoms. The van der Waals surface area contributed by atoms with Crippen LogP contribution in [0.25, 0.3) is 0 Å². The lowest BCUT2D eigenvalue weighted by Gasteiger charge is -2.02. The van der Waals surface area contributed by atoms with E-state index in [1.165, 1.54) is 77.3 Å². The molecule has 0 fully saturated rings. The minimum absolute atomic E-state index is 0.